The maximum atomic E-state index is 13.0. The minimum Gasteiger partial charge on any atom is -0.449 e. The van der Waals surface area contributed by atoms with Gasteiger partial charge in [0.05, 0.1) is 29.7 Å². The van der Waals surface area contributed by atoms with Gasteiger partial charge in [-0.1, -0.05) is 31.0 Å². The molecule has 0 radical (unpaired) electrons. The second kappa shape index (κ2) is 6.96. The van der Waals surface area contributed by atoms with Gasteiger partial charge in [-0.25, -0.2) is 13.2 Å². The molecular formula is C18H25NO5S. The molecule has 2 fully saturated rings. The summed E-state index contributed by atoms with van der Waals surface area (Å²) in [6.45, 7) is 4.20. The maximum absolute atomic E-state index is 13.0. The number of hydrogen-bond donors (Lipinski definition) is 1. The van der Waals surface area contributed by atoms with Crippen LogP contribution in [0.2, 0.25) is 0 Å². The number of hydrogen-bond acceptors (Lipinski definition) is 5. The monoisotopic (exact) mass is 367 g/mol. The Labute approximate surface area is 148 Å². The van der Waals surface area contributed by atoms with Crippen molar-refractivity contribution in [1.82, 2.24) is 4.90 Å². The van der Waals surface area contributed by atoms with Crippen LogP contribution in [0.3, 0.4) is 0 Å². The van der Waals surface area contributed by atoms with Gasteiger partial charge in [-0.15, -0.1) is 0 Å². The lowest BCUT2D eigenvalue weighted by Gasteiger charge is -2.25. The van der Waals surface area contributed by atoms with Crippen LogP contribution in [0.25, 0.3) is 0 Å². The van der Waals surface area contributed by atoms with Gasteiger partial charge in [-0.3, -0.25) is 4.90 Å². The van der Waals surface area contributed by atoms with Crippen molar-refractivity contribution in [3.05, 3.63) is 29.8 Å². The van der Waals surface area contributed by atoms with Crippen LogP contribution in [0.1, 0.15) is 38.2 Å². The molecule has 2 heterocycles. The largest absolute Gasteiger partial charge is 0.449 e. The van der Waals surface area contributed by atoms with E-state index in [0.717, 1.165) is 18.4 Å². The van der Waals surface area contributed by atoms with E-state index >= 15 is 0 Å². The van der Waals surface area contributed by atoms with Crippen LogP contribution >= 0.6 is 0 Å². The normalized spacial score (nSPS) is 28.4. The van der Waals surface area contributed by atoms with Crippen molar-refractivity contribution >= 4 is 15.9 Å². The number of ether oxygens (including phenoxy) is 1. The van der Waals surface area contributed by atoms with Crippen LogP contribution in [0.5, 0.6) is 0 Å². The molecule has 2 bridgehead atoms. The Morgan fingerprint density at radius 3 is 2.52 bits per heavy atom. The molecule has 3 rings (SSSR count). The van der Waals surface area contributed by atoms with Gasteiger partial charge in [-0.2, -0.15) is 0 Å². The Hall–Kier alpha value is -1.60. The summed E-state index contributed by atoms with van der Waals surface area (Å²) < 4.78 is 31.3. The highest BCUT2D eigenvalue weighted by Gasteiger charge is 2.60. The molecule has 2 aliphatic rings. The van der Waals surface area contributed by atoms with Gasteiger partial charge < -0.3 is 9.84 Å². The standard InChI is InChI=1S/C18H25NO5S/c1-3-4-11-24-18(21)19-14-9-10-15(19)17(16(14)20)25(22,23)13-7-5-12(2)6-8-13/h5-8,14-17,20H,3-4,9-11H2,1-2H3. The topological polar surface area (TPSA) is 83.9 Å². The molecule has 1 aromatic rings. The SMILES string of the molecule is CCCCOC(=O)N1C2CCC1C(S(=O)(=O)c1ccc(C)cc1)C2O. The average molecular weight is 367 g/mol. The summed E-state index contributed by atoms with van der Waals surface area (Å²) >= 11 is 0. The zero-order valence-electron chi connectivity index (χ0n) is 14.6. The van der Waals surface area contributed by atoms with Crippen molar-refractivity contribution in [1.29, 1.82) is 0 Å². The van der Waals surface area contributed by atoms with Crippen LogP contribution in [0.4, 0.5) is 4.79 Å². The van der Waals surface area contributed by atoms with E-state index in [2.05, 4.69) is 0 Å². The fourth-order valence-corrected chi connectivity index (χ4v) is 5.95. The van der Waals surface area contributed by atoms with E-state index in [-0.39, 0.29) is 4.90 Å². The van der Waals surface area contributed by atoms with E-state index in [1.807, 2.05) is 13.8 Å². The molecule has 138 valence electrons. The molecule has 0 aromatic heterocycles. The number of carbonyl (C=O) groups excluding carboxylic acids is 1. The summed E-state index contributed by atoms with van der Waals surface area (Å²) in [5, 5.41) is 9.60. The molecule has 0 saturated carbocycles. The van der Waals surface area contributed by atoms with Crippen molar-refractivity contribution in [3.63, 3.8) is 0 Å². The van der Waals surface area contributed by atoms with Gasteiger partial charge in [0, 0.05) is 0 Å². The highest BCUT2D eigenvalue weighted by molar-refractivity contribution is 7.92. The summed E-state index contributed by atoms with van der Waals surface area (Å²) in [4.78, 5) is 14.0. The lowest BCUT2D eigenvalue weighted by Crippen LogP contribution is -2.43. The highest BCUT2D eigenvalue weighted by Crippen LogP contribution is 2.43. The molecule has 0 spiro atoms. The van der Waals surface area contributed by atoms with Crippen molar-refractivity contribution < 1.29 is 23.1 Å². The third-order valence-electron chi connectivity index (χ3n) is 5.22. The van der Waals surface area contributed by atoms with Gasteiger partial charge in [0.2, 0.25) is 0 Å². The minimum absolute atomic E-state index is 0.189. The Kier molecular flexibility index (Phi) is 5.06. The molecular weight excluding hydrogens is 342 g/mol. The molecule has 1 amide bonds. The van der Waals surface area contributed by atoms with E-state index in [1.165, 1.54) is 4.90 Å². The van der Waals surface area contributed by atoms with E-state index in [4.69, 9.17) is 4.74 Å². The number of aryl methyl sites for hydroxylation is 1. The minimum atomic E-state index is -3.73. The summed E-state index contributed by atoms with van der Waals surface area (Å²) in [6.07, 6.45) is 1.26. The van der Waals surface area contributed by atoms with Crippen LogP contribution in [-0.2, 0) is 14.6 Å². The smallest absolute Gasteiger partial charge is 0.410 e. The Bertz CT molecular complexity index is 730. The van der Waals surface area contributed by atoms with Crippen LogP contribution in [-0.4, -0.2) is 54.6 Å². The van der Waals surface area contributed by atoms with Crippen molar-refractivity contribution in [2.24, 2.45) is 0 Å². The zero-order chi connectivity index (χ0) is 18.2. The number of nitrogens with zero attached hydrogens (tertiary/aromatic N) is 1. The van der Waals surface area contributed by atoms with Crippen LogP contribution < -0.4 is 0 Å². The van der Waals surface area contributed by atoms with E-state index in [9.17, 15) is 18.3 Å². The number of amides is 1. The fourth-order valence-electron chi connectivity index (χ4n) is 3.89. The average Bonchev–Trinajstić information content (AvgIpc) is 3.11. The number of aliphatic hydroxyl groups excluding tert-OH is 1. The summed E-state index contributed by atoms with van der Waals surface area (Å²) in [6, 6.07) is 5.59. The van der Waals surface area contributed by atoms with Gasteiger partial charge >= 0.3 is 6.09 Å². The zero-order valence-corrected chi connectivity index (χ0v) is 15.4. The number of carbonyl (C=O) groups is 1. The second-order valence-electron chi connectivity index (χ2n) is 6.90. The molecule has 4 atom stereocenters. The second-order valence-corrected chi connectivity index (χ2v) is 9.01. The summed E-state index contributed by atoms with van der Waals surface area (Å²) in [7, 11) is -3.73. The van der Waals surface area contributed by atoms with E-state index < -0.39 is 39.4 Å². The van der Waals surface area contributed by atoms with Gasteiger partial charge in [0.1, 0.15) is 5.25 Å². The third-order valence-corrected chi connectivity index (χ3v) is 7.46. The quantitative estimate of drug-likeness (QED) is 0.807. The van der Waals surface area contributed by atoms with Gasteiger partial charge in [0.15, 0.2) is 9.84 Å². The number of unbranched alkanes of at least 4 members (excludes halogenated alkanes) is 1. The van der Waals surface area contributed by atoms with Crippen LogP contribution in [0, 0.1) is 6.92 Å². The molecule has 0 aliphatic carbocycles. The lowest BCUT2D eigenvalue weighted by molar-refractivity contribution is 0.0803. The fraction of sp³-hybridized carbons (Fsp3) is 0.611. The van der Waals surface area contributed by atoms with Gasteiger partial charge in [0.25, 0.3) is 0 Å². The molecule has 2 aliphatic heterocycles. The predicted octanol–water partition coefficient (Wildman–Crippen LogP) is 2.28. The molecule has 7 heteroatoms. The van der Waals surface area contributed by atoms with Crippen molar-refractivity contribution in [2.75, 3.05) is 6.61 Å². The molecule has 2 saturated heterocycles. The molecule has 1 aromatic carbocycles. The number of fused-ring (bicyclic) bond motifs is 2. The highest BCUT2D eigenvalue weighted by atomic mass is 32.2. The number of sulfone groups is 1. The number of rotatable bonds is 5. The first-order valence-electron chi connectivity index (χ1n) is 8.81. The van der Waals surface area contributed by atoms with Crippen molar-refractivity contribution in [3.8, 4) is 0 Å². The van der Waals surface area contributed by atoms with E-state index in [0.29, 0.717) is 19.4 Å². The van der Waals surface area contributed by atoms with Crippen LogP contribution in [0.15, 0.2) is 29.2 Å². The Morgan fingerprint density at radius 2 is 1.88 bits per heavy atom. The third kappa shape index (κ3) is 3.15. The Morgan fingerprint density at radius 1 is 1.24 bits per heavy atom. The summed E-state index contributed by atoms with van der Waals surface area (Å²) in [5.74, 6) is 0. The summed E-state index contributed by atoms with van der Waals surface area (Å²) in [5.41, 5.74) is 0.966. The molecule has 1 N–H and O–H groups in total. The first-order chi connectivity index (χ1) is 11.9. The maximum Gasteiger partial charge on any atom is 0.410 e. The Balaban J connectivity index is 1.84. The number of benzene rings is 1. The molecule has 25 heavy (non-hydrogen) atoms. The molecule has 4 unspecified atom stereocenters. The van der Waals surface area contributed by atoms with Crippen molar-refractivity contribution in [2.45, 2.75) is 67.9 Å². The molecule has 6 nitrogen and oxygen atoms in total. The lowest BCUT2D eigenvalue weighted by atomic mass is 9.97. The first-order valence-corrected chi connectivity index (χ1v) is 10.4. The van der Waals surface area contributed by atoms with E-state index in [1.54, 1.807) is 24.3 Å². The van der Waals surface area contributed by atoms with Gasteiger partial charge in [-0.05, 0) is 38.3 Å². The predicted molar refractivity (Wildman–Crippen MR) is 93.1 cm³/mol. The first kappa shape index (κ1) is 18.2. The number of aliphatic hydroxyl groups is 1.